The molecule has 0 aliphatic heterocycles. The van der Waals surface area contributed by atoms with Gasteiger partial charge in [-0.15, -0.1) is 0 Å². The van der Waals surface area contributed by atoms with Crippen LogP contribution in [-0.2, 0) is 0 Å². The van der Waals surface area contributed by atoms with Crippen LogP contribution in [0.1, 0.15) is 22.3 Å². The lowest BCUT2D eigenvalue weighted by Gasteiger charge is -2.01. The van der Waals surface area contributed by atoms with Gasteiger partial charge in [0.25, 0.3) is 0 Å². The van der Waals surface area contributed by atoms with Gasteiger partial charge in [-0.1, -0.05) is 12.2 Å². The lowest BCUT2D eigenvalue weighted by atomic mass is 10.1. The molecule has 0 aliphatic rings. The predicted octanol–water partition coefficient (Wildman–Crippen LogP) is 2.03. The fourth-order valence-electron chi connectivity index (χ4n) is 1.16. The third-order valence-corrected chi connectivity index (χ3v) is 1.94. The van der Waals surface area contributed by atoms with Gasteiger partial charge in [-0.05, 0) is 25.1 Å². The minimum absolute atomic E-state index is 0.251. The summed E-state index contributed by atoms with van der Waals surface area (Å²) in [6.07, 6.45) is 3.28. The van der Waals surface area contributed by atoms with Crippen molar-refractivity contribution in [3.8, 4) is 0 Å². The second-order valence-corrected chi connectivity index (χ2v) is 3.14. The number of halogens is 2. The van der Waals surface area contributed by atoms with Crippen molar-refractivity contribution in [1.29, 1.82) is 0 Å². The van der Waals surface area contributed by atoms with E-state index in [0.29, 0.717) is 13.0 Å². The van der Waals surface area contributed by atoms with E-state index in [1.807, 2.05) is 0 Å². The number of hydrogen-bond donors (Lipinski definition) is 2. The Morgan fingerprint density at radius 1 is 1.38 bits per heavy atom. The molecular formula is C11H11F2NO2. The summed E-state index contributed by atoms with van der Waals surface area (Å²) >= 11 is 0. The van der Waals surface area contributed by atoms with E-state index in [2.05, 4.69) is 0 Å². The van der Waals surface area contributed by atoms with Crippen LogP contribution in [0.4, 0.5) is 8.78 Å². The Balaban J connectivity index is 3.07. The smallest absolute Gasteiger partial charge is 0.335 e. The largest absolute Gasteiger partial charge is 0.478 e. The molecule has 0 amide bonds. The summed E-state index contributed by atoms with van der Waals surface area (Å²) in [5.74, 6) is -3.16. The van der Waals surface area contributed by atoms with Crippen molar-refractivity contribution in [2.45, 2.75) is 6.42 Å². The van der Waals surface area contributed by atoms with E-state index >= 15 is 0 Å². The van der Waals surface area contributed by atoms with Crippen molar-refractivity contribution >= 4 is 12.0 Å². The SMILES string of the molecule is NCCC=Cc1c(F)cc(C(=O)O)cc1F. The van der Waals surface area contributed by atoms with E-state index in [4.69, 9.17) is 10.8 Å². The van der Waals surface area contributed by atoms with Gasteiger partial charge in [0.2, 0.25) is 0 Å². The zero-order chi connectivity index (χ0) is 12.1. The first-order valence-corrected chi connectivity index (χ1v) is 4.65. The van der Waals surface area contributed by atoms with Gasteiger partial charge in [0.1, 0.15) is 11.6 Å². The quantitative estimate of drug-likeness (QED) is 0.827. The van der Waals surface area contributed by atoms with Crippen LogP contribution < -0.4 is 5.73 Å². The van der Waals surface area contributed by atoms with E-state index in [1.165, 1.54) is 12.2 Å². The molecule has 0 heterocycles. The van der Waals surface area contributed by atoms with Gasteiger partial charge in [0, 0.05) is 5.56 Å². The van der Waals surface area contributed by atoms with Gasteiger partial charge in [-0.25, -0.2) is 13.6 Å². The Hall–Kier alpha value is -1.75. The van der Waals surface area contributed by atoms with Crippen LogP contribution in [0.15, 0.2) is 18.2 Å². The minimum Gasteiger partial charge on any atom is -0.478 e. The van der Waals surface area contributed by atoms with Gasteiger partial charge in [-0.3, -0.25) is 0 Å². The number of rotatable bonds is 4. The van der Waals surface area contributed by atoms with Crippen molar-refractivity contribution in [3.63, 3.8) is 0 Å². The highest BCUT2D eigenvalue weighted by atomic mass is 19.1. The second kappa shape index (κ2) is 5.37. The molecule has 5 heteroatoms. The maximum Gasteiger partial charge on any atom is 0.335 e. The molecule has 0 aliphatic carbocycles. The van der Waals surface area contributed by atoms with E-state index in [0.717, 1.165) is 12.1 Å². The van der Waals surface area contributed by atoms with Crippen molar-refractivity contribution < 1.29 is 18.7 Å². The summed E-state index contributed by atoms with van der Waals surface area (Å²) in [5.41, 5.74) is 4.55. The molecule has 0 saturated carbocycles. The topological polar surface area (TPSA) is 63.3 Å². The van der Waals surface area contributed by atoms with E-state index in [9.17, 15) is 13.6 Å². The molecule has 0 spiro atoms. The third-order valence-electron chi connectivity index (χ3n) is 1.94. The Kier molecular flexibility index (Phi) is 4.13. The highest BCUT2D eigenvalue weighted by molar-refractivity contribution is 5.88. The maximum absolute atomic E-state index is 13.3. The van der Waals surface area contributed by atoms with Crippen molar-refractivity contribution in [1.82, 2.24) is 0 Å². The third kappa shape index (κ3) is 2.87. The summed E-state index contributed by atoms with van der Waals surface area (Å²) in [6, 6.07) is 1.57. The van der Waals surface area contributed by atoms with Crippen LogP contribution >= 0.6 is 0 Å². The van der Waals surface area contributed by atoms with E-state index in [1.54, 1.807) is 0 Å². The highest BCUT2D eigenvalue weighted by Crippen LogP contribution is 2.17. The van der Waals surface area contributed by atoms with Crippen molar-refractivity contribution in [2.24, 2.45) is 5.73 Å². The molecule has 16 heavy (non-hydrogen) atoms. The Morgan fingerprint density at radius 3 is 2.38 bits per heavy atom. The number of aromatic carboxylic acids is 1. The molecule has 0 unspecified atom stereocenters. The average molecular weight is 227 g/mol. The summed E-state index contributed by atoms with van der Waals surface area (Å²) in [6.45, 7) is 0.382. The van der Waals surface area contributed by atoms with Crippen LogP contribution in [-0.4, -0.2) is 17.6 Å². The molecular weight excluding hydrogens is 216 g/mol. The summed E-state index contributed by atoms with van der Waals surface area (Å²) in [7, 11) is 0. The number of nitrogens with two attached hydrogens (primary N) is 1. The normalized spacial score (nSPS) is 10.9. The van der Waals surface area contributed by atoms with Crippen LogP contribution in [0.5, 0.6) is 0 Å². The highest BCUT2D eigenvalue weighted by Gasteiger charge is 2.12. The van der Waals surface area contributed by atoms with E-state index in [-0.39, 0.29) is 5.56 Å². The summed E-state index contributed by atoms with van der Waals surface area (Å²) in [4.78, 5) is 10.5. The van der Waals surface area contributed by atoms with Crippen molar-refractivity contribution in [3.05, 3.63) is 41.0 Å². The average Bonchev–Trinajstić information content (AvgIpc) is 2.21. The standard InChI is InChI=1S/C11H11F2NO2/c12-9-5-7(11(15)16)6-10(13)8(9)3-1-2-4-14/h1,3,5-6H,2,4,14H2,(H,15,16). The van der Waals surface area contributed by atoms with Crippen molar-refractivity contribution in [2.75, 3.05) is 6.54 Å². The molecule has 1 rings (SSSR count). The summed E-state index contributed by atoms with van der Waals surface area (Å²) < 4.78 is 26.6. The Bertz CT molecular complexity index is 407. The second-order valence-electron chi connectivity index (χ2n) is 3.14. The molecule has 0 aromatic heterocycles. The van der Waals surface area contributed by atoms with Crippen LogP contribution in [0.2, 0.25) is 0 Å². The molecule has 0 saturated heterocycles. The Labute approximate surface area is 91.2 Å². The molecule has 1 aromatic carbocycles. The number of benzene rings is 1. The molecule has 86 valence electrons. The van der Waals surface area contributed by atoms with Gasteiger partial charge < -0.3 is 10.8 Å². The van der Waals surface area contributed by atoms with Gasteiger partial charge in [0.05, 0.1) is 5.56 Å². The predicted molar refractivity (Wildman–Crippen MR) is 56.0 cm³/mol. The minimum atomic E-state index is -1.37. The number of carboxylic acids is 1. The lowest BCUT2D eigenvalue weighted by Crippen LogP contribution is -2.01. The Morgan fingerprint density at radius 2 is 1.94 bits per heavy atom. The first-order chi connectivity index (χ1) is 7.56. The lowest BCUT2D eigenvalue weighted by molar-refractivity contribution is 0.0695. The molecule has 3 N–H and O–H groups in total. The first kappa shape index (κ1) is 12.3. The molecule has 0 atom stereocenters. The molecule has 3 nitrogen and oxygen atoms in total. The first-order valence-electron chi connectivity index (χ1n) is 4.65. The van der Waals surface area contributed by atoms with Crippen LogP contribution in [0, 0.1) is 11.6 Å². The molecule has 0 fully saturated rings. The van der Waals surface area contributed by atoms with Crippen LogP contribution in [0.3, 0.4) is 0 Å². The fourth-order valence-corrected chi connectivity index (χ4v) is 1.16. The summed E-state index contributed by atoms with van der Waals surface area (Å²) in [5, 5.41) is 8.57. The fraction of sp³-hybridized carbons (Fsp3) is 0.182. The number of hydrogen-bond acceptors (Lipinski definition) is 2. The van der Waals surface area contributed by atoms with Gasteiger partial charge >= 0.3 is 5.97 Å². The van der Waals surface area contributed by atoms with Gasteiger partial charge in [0.15, 0.2) is 0 Å². The molecule has 1 aromatic rings. The maximum atomic E-state index is 13.3. The zero-order valence-electron chi connectivity index (χ0n) is 8.41. The monoisotopic (exact) mass is 227 g/mol. The molecule has 0 bridgehead atoms. The number of carbonyl (C=O) groups is 1. The van der Waals surface area contributed by atoms with Crippen LogP contribution in [0.25, 0.3) is 6.08 Å². The van der Waals surface area contributed by atoms with E-state index < -0.39 is 23.2 Å². The molecule has 0 radical (unpaired) electrons. The number of carboxylic acid groups (broad SMARTS) is 1. The zero-order valence-corrected chi connectivity index (χ0v) is 8.41. The van der Waals surface area contributed by atoms with Gasteiger partial charge in [-0.2, -0.15) is 0 Å².